The van der Waals surface area contributed by atoms with Crippen LogP contribution < -0.4 is 5.32 Å². The van der Waals surface area contributed by atoms with E-state index < -0.39 is 6.04 Å². The summed E-state index contributed by atoms with van der Waals surface area (Å²) in [6.45, 7) is 6.56. The predicted octanol–water partition coefficient (Wildman–Crippen LogP) is 5.09. The van der Waals surface area contributed by atoms with Gasteiger partial charge in [0.1, 0.15) is 6.04 Å². The normalized spacial score (nSPS) is 11.8. The number of amides is 2. The second-order valence-corrected chi connectivity index (χ2v) is 8.64. The number of rotatable bonds is 9. The van der Waals surface area contributed by atoms with Crippen molar-refractivity contribution in [3.05, 3.63) is 69.2 Å². The zero-order valence-corrected chi connectivity index (χ0v) is 19.2. The Morgan fingerprint density at radius 3 is 2.45 bits per heavy atom. The monoisotopic (exact) mass is 452 g/mol. The van der Waals surface area contributed by atoms with Crippen molar-refractivity contribution in [3.8, 4) is 0 Å². The molecule has 0 aromatic heterocycles. The van der Waals surface area contributed by atoms with Gasteiger partial charge in [-0.3, -0.25) is 9.59 Å². The van der Waals surface area contributed by atoms with E-state index in [0.717, 1.165) is 16.7 Å². The zero-order chi connectivity index (χ0) is 21.4. The first kappa shape index (κ1) is 23.6. The van der Waals surface area contributed by atoms with Crippen molar-refractivity contribution in [2.45, 2.75) is 39.1 Å². The van der Waals surface area contributed by atoms with Gasteiger partial charge in [-0.1, -0.05) is 59.1 Å². The molecule has 2 amide bonds. The lowest BCUT2D eigenvalue weighted by Crippen LogP contribution is -2.48. The van der Waals surface area contributed by atoms with Crippen LogP contribution in [0.3, 0.4) is 0 Å². The fourth-order valence-corrected chi connectivity index (χ4v) is 4.23. The van der Waals surface area contributed by atoms with E-state index in [0.29, 0.717) is 28.9 Å². The summed E-state index contributed by atoms with van der Waals surface area (Å²) in [6.07, 6.45) is 0. The maximum absolute atomic E-state index is 13.0. The molecule has 0 unspecified atom stereocenters. The molecule has 2 rings (SSSR count). The summed E-state index contributed by atoms with van der Waals surface area (Å²) >= 11 is 13.6. The van der Waals surface area contributed by atoms with Gasteiger partial charge >= 0.3 is 0 Å². The Morgan fingerprint density at radius 1 is 1.14 bits per heavy atom. The molecule has 7 heteroatoms. The molecule has 0 bridgehead atoms. The lowest BCUT2D eigenvalue weighted by Gasteiger charge is -2.28. The van der Waals surface area contributed by atoms with E-state index in [9.17, 15) is 9.59 Å². The van der Waals surface area contributed by atoms with Crippen molar-refractivity contribution < 1.29 is 9.59 Å². The van der Waals surface area contributed by atoms with Gasteiger partial charge < -0.3 is 10.2 Å². The van der Waals surface area contributed by atoms with Crippen molar-refractivity contribution in [3.63, 3.8) is 0 Å². The minimum absolute atomic E-state index is 0.0839. The first-order valence-electron chi connectivity index (χ1n) is 9.46. The summed E-state index contributed by atoms with van der Waals surface area (Å²) in [7, 11) is 0. The van der Waals surface area contributed by atoms with Crippen molar-refractivity contribution >= 4 is 46.8 Å². The molecule has 0 heterocycles. The van der Waals surface area contributed by atoms with E-state index in [1.165, 1.54) is 11.8 Å². The topological polar surface area (TPSA) is 49.4 Å². The van der Waals surface area contributed by atoms with Gasteiger partial charge in [-0.05, 0) is 44.0 Å². The molecule has 2 aromatic carbocycles. The minimum atomic E-state index is -0.552. The molecular formula is C22H26Cl2N2O2S. The van der Waals surface area contributed by atoms with Crippen molar-refractivity contribution in [1.82, 2.24) is 10.2 Å². The van der Waals surface area contributed by atoms with Crippen LogP contribution in [0.15, 0.2) is 42.5 Å². The Labute approximate surface area is 187 Å². The fraction of sp³-hybridized carbons (Fsp3) is 0.364. The second kappa shape index (κ2) is 11.5. The van der Waals surface area contributed by atoms with Gasteiger partial charge in [0.05, 0.1) is 5.75 Å². The average Bonchev–Trinajstić information content (AvgIpc) is 2.68. The number of carbonyl (C=O) groups excluding carboxylic acids is 2. The molecule has 29 heavy (non-hydrogen) atoms. The molecule has 156 valence electrons. The summed E-state index contributed by atoms with van der Waals surface area (Å²) in [6, 6.07) is 12.8. The third-order valence-corrected chi connectivity index (χ3v) is 6.04. The van der Waals surface area contributed by atoms with Crippen LogP contribution in [0, 0.1) is 6.92 Å². The Hall–Kier alpha value is -1.69. The first-order valence-corrected chi connectivity index (χ1v) is 11.4. The van der Waals surface area contributed by atoms with Gasteiger partial charge in [0.15, 0.2) is 0 Å². The number of aryl methyl sites for hydroxylation is 1. The van der Waals surface area contributed by atoms with Crippen LogP contribution in [0.4, 0.5) is 0 Å². The number of halogens is 2. The SMILES string of the molecule is CCNC(=O)[C@H](C)N(Cc1ccc(C)cc1)C(=O)CSCc1ccc(Cl)cc1Cl. The Balaban J connectivity index is 2.06. The number of nitrogens with one attached hydrogen (secondary N) is 1. The quantitative estimate of drug-likeness (QED) is 0.576. The van der Waals surface area contributed by atoms with E-state index >= 15 is 0 Å². The van der Waals surface area contributed by atoms with Crippen LogP contribution in [-0.4, -0.2) is 35.1 Å². The van der Waals surface area contributed by atoms with Crippen LogP contribution in [0.5, 0.6) is 0 Å². The third-order valence-electron chi connectivity index (χ3n) is 4.49. The Morgan fingerprint density at radius 2 is 1.83 bits per heavy atom. The maximum Gasteiger partial charge on any atom is 0.242 e. The summed E-state index contributed by atoms with van der Waals surface area (Å²) < 4.78 is 0. The molecule has 0 spiro atoms. The number of nitrogens with zero attached hydrogens (tertiary/aromatic N) is 1. The molecule has 0 radical (unpaired) electrons. The van der Waals surface area contributed by atoms with Crippen LogP contribution >= 0.6 is 35.0 Å². The summed E-state index contributed by atoms with van der Waals surface area (Å²) in [4.78, 5) is 27.0. The van der Waals surface area contributed by atoms with Crippen LogP contribution in [0.1, 0.15) is 30.5 Å². The van der Waals surface area contributed by atoms with Gasteiger partial charge in [0.25, 0.3) is 0 Å². The van der Waals surface area contributed by atoms with Crippen molar-refractivity contribution in [1.29, 1.82) is 0 Å². The molecule has 1 N–H and O–H groups in total. The van der Waals surface area contributed by atoms with Crippen molar-refractivity contribution in [2.24, 2.45) is 0 Å². The molecular weight excluding hydrogens is 427 g/mol. The number of thioether (sulfide) groups is 1. The van der Waals surface area contributed by atoms with E-state index in [1.54, 1.807) is 24.0 Å². The summed E-state index contributed by atoms with van der Waals surface area (Å²) in [5, 5.41) is 3.97. The highest BCUT2D eigenvalue weighted by Crippen LogP contribution is 2.25. The number of hydrogen-bond donors (Lipinski definition) is 1. The van der Waals surface area contributed by atoms with Gasteiger partial charge in [0.2, 0.25) is 11.8 Å². The third kappa shape index (κ3) is 7.25. The summed E-state index contributed by atoms with van der Waals surface area (Å²) in [5.41, 5.74) is 3.07. The van der Waals surface area contributed by atoms with Gasteiger partial charge in [-0.15, -0.1) is 11.8 Å². The van der Waals surface area contributed by atoms with E-state index in [1.807, 2.05) is 44.2 Å². The van der Waals surface area contributed by atoms with Gasteiger partial charge in [-0.25, -0.2) is 0 Å². The predicted molar refractivity (Wildman–Crippen MR) is 122 cm³/mol. The number of benzene rings is 2. The van der Waals surface area contributed by atoms with E-state index in [2.05, 4.69) is 5.32 Å². The highest BCUT2D eigenvalue weighted by atomic mass is 35.5. The van der Waals surface area contributed by atoms with Crippen LogP contribution in [-0.2, 0) is 21.9 Å². The van der Waals surface area contributed by atoms with E-state index in [4.69, 9.17) is 23.2 Å². The maximum atomic E-state index is 13.0. The lowest BCUT2D eigenvalue weighted by atomic mass is 10.1. The molecule has 0 saturated carbocycles. The molecule has 4 nitrogen and oxygen atoms in total. The first-order chi connectivity index (χ1) is 13.8. The second-order valence-electron chi connectivity index (χ2n) is 6.81. The molecule has 0 aliphatic heterocycles. The standard InChI is InChI=1S/C22H26Cl2N2O2S/c1-4-25-22(28)16(3)26(12-17-7-5-15(2)6-8-17)21(27)14-29-13-18-9-10-19(23)11-20(18)24/h5-11,16H,4,12-14H2,1-3H3,(H,25,28)/t16-/m0/s1. The van der Waals surface area contributed by atoms with Crippen LogP contribution in [0.25, 0.3) is 0 Å². The zero-order valence-electron chi connectivity index (χ0n) is 16.9. The fourth-order valence-electron chi connectivity index (χ4n) is 2.76. The minimum Gasteiger partial charge on any atom is -0.355 e. The number of hydrogen-bond acceptors (Lipinski definition) is 3. The number of carbonyl (C=O) groups is 2. The van der Waals surface area contributed by atoms with Gasteiger partial charge in [-0.2, -0.15) is 0 Å². The molecule has 0 saturated heterocycles. The highest BCUT2D eigenvalue weighted by molar-refractivity contribution is 7.99. The largest absolute Gasteiger partial charge is 0.355 e. The highest BCUT2D eigenvalue weighted by Gasteiger charge is 2.25. The summed E-state index contributed by atoms with van der Waals surface area (Å²) in [5.74, 6) is 0.614. The molecule has 0 aliphatic carbocycles. The van der Waals surface area contributed by atoms with Crippen molar-refractivity contribution in [2.75, 3.05) is 12.3 Å². The molecule has 2 aromatic rings. The van der Waals surface area contributed by atoms with Crippen LogP contribution in [0.2, 0.25) is 10.0 Å². The molecule has 1 atom stereocenters. The number of likely N-dealkylation sites (N-methyl/N-ethyl adjacent to an activating group) is 1. The Bertz CT molecular complexity index is 843. The molecule has 0 aliphatic rings. The lowest BCUT2D eigenvalue weighted by molar-refractivity contribution is -0.138. The smallest absolute Gasteiger partial charge is 0.242 e. The average molecular weight is 453 g/mol. The Kier molecular flexibility index (Phi) is 9.34. The van der Waals surface area contributed by atoms with E-state index in [-0.39, 0.29) is 17.6 Å². The molecule has 0 fully saturated rings. The van der Waals surface area contributed by atoms with Gasteiger partial charge in [0, 0.05) is 28.9 Å².